The molecular weight excluding hydrogens is 436 g/mol. The molecule has 4 nitrogen and oxygen atoms in total. The quantitative estimate of drug-likeness (QED) is 0.587. The van der Waals surface area contributed by atoms with Gasteiger partial charge < -0.3 is 14.9 Å². The summed E-state index contributed by atoms with van der Waals surface area (Å²) in [4.78, 5) is 17.6. The first kappa shape index (κ1) is 19.6. The lowest BCUT2D eigenvalue weighted by Crippen LogP contribution is -2.44. The van der Waals surface area contributed by atoms with E-state index in [1.807, 2.05) is 47.8 Å². The molecule has 0 saturated heterocycles. The molecule has 6 heteroatoms. The van der Waals surface area contributed by atoms with Crippen LogP contribution in [0.25, 0.3) is 10.1 Å². The topological polar surface area (TPSA) is 43.8 Å². The fourth-order valence-corrected chi connectivity index (χ4v) is 5.67. The van der Waals surface area contributed by atoms with E-state index in [9.17, 15) is 9.90 Å². The van der Waals surface area contributed by atoms with Crippen molar-refractivity contribution in [2.75, 3.05) is 31.1 Å². The van der Waals surface area contributed by atoms with E-state index in [0.717, 1.165) is 39.9 Å². The van der Waals surface area contributed by atoms with E-state index in [2.05, 4.69) is 34.7 Å². The van der Waals surface area contributed by atoms with Crippen molar-refractivity contribution in [3.8, 4) is 0 Å². The molecular formula is C22H23BrN2O2S. The Morgan fingerprint density at radius 1 is 1.14 bits per heavy atom. The molecule has 0 saturated carbocycles. The van der Waals surface area contributed by atoms with E-state index in [-0.39, 0.29) is 5.91 Å². The van der Waals surface area contributed by atoms with Crippen molar-refractivity contribution in [3.63, 3.8) is 0 Å². The second kappa shape index (κ2) is 7.59. The Kier molecular flexibility index (Phi) is 5.31. The number of nitrogens with zero attached hydrogens (tertiary/aromatic N) is 2. The number of carbonyl (C=O) groups is 1. The monoisotopic (exact) mass is 458 g/mol. The molecule has 0 radical (unpaired) electrons. The number of anilines is 1. The molecule has 146 valence electrons. The van der Waals surface area contributed by atoms with Crippen LogP contribution in [0.2, 0.25) is 0 Å². The first-order valence-corrected chi connectivity index (χ1v) is 11.2. The Morgan fingerprint density at radius 3 is 2.64 bits per heavy atom. The van der Waals surface area contributed by atoms with Gasteiger partial charge in [0.2, 0.25) is 0 Å². The number of thiophene rings is 1. The van der Waals surface area contributed by atoms with E-state index in [0.29, 0.717) is 17.7 Å². The van der Waals surface area contributed by atoms with Gasteiger partial charge in [0.15, 0.2) is 5.60 Å². The van der Waals surface area contributed by atoms with Crippen molar-refractivity contribution in [1.29, 1.82) is 0 Å². The fraction of sp³-hybridized carbons (Fsp3) is 0.318. The van der Waals surface area contributed by atoms with Crippen molar-refractivity contribution in [3.05, 3.63) is 63.4 Å². The van der Waals surface area contributed by atoms with Gasteiger partial charge in [-0.05, 0) is 42.1 Å². The van der Waals surface area contributed by atoms with Crippen LogP contribution in [0.5, 0.6) is 0 Å². The molecule has 3 aromatic rings. The summed E-state index contributed by atoms with van der Waals surface area (Å²) in [5, 5.41) is 14.7. The highest BCUT2D eigenvalue weighted by molar-refractivity contribution is 9.10. The van der Waals surface area contributed by atoms with Crippen LogP contribution >= 0.6 is 27.3 Å². The predicted molar refractivity (Wildman–Crippen MR) is 119 cm³/mol. The molecule has 1 atom stereocenters. The van der Waals surface area contributed by atoms with Crippen LogP contribution in [0.1, 0.15) is 25.0 Å². The number of rotatable bonds is 6. The zero-order valence-electron chi connectivity index (χ0n) is 16.0. The second-order valence-corrected chi connectivity index (χ2v) is 8.74. The molecule has 0 bridgehead atoms. The molecule has 1 aliphatic heterocycles. The van der Waals surface area contributed by atoms with Crippen molar-refractivity contribution >= 4 is 48.9 Å². The normalized spacial score (nSPS) is 19.0. The van der Waals surface area contributed by atoms with Crippen LogP contribution in [0.4, 0.5) is 5.69 Å². The van der Waals surface area contributed by atoms with Crippen LogP contribution in [-0.4, -0.2) is 42.1 Å². The zero-order chi connectivity index (χ0) is 19.9. The maximum Gasteiger partial charge on any atom is 0.268 e. The maximum atomic E-state index is 13.6. The third kappa shape index (κ3) is 2.90. The standard InChI is InChI=1S/C22H23BrN2O2S/c1-3-24(4-2)12-13-25-18-10-7-9-17(23)20(18)22(27,21(25)26)16-14-28-19-11-6-5-8-15(16)19/h5-11,14,27H,3-4,12-13H2,1-2H3. The highest BCUT2D eigenvalue weighted by Crippen LogP contribution is 2.50. The number of fused-ring (bicyclic) bond motifs is 2. The Bertz CT molecular complexity index is 1030. The smallest absolute Gasteiger partial charge is 0.268 e. The molecule has 1 aromatic heterocycles. The minimum atomic E-state index is -1.68. The summed E-state index contributed by atoms with van der Waals surface area (Å²) in [5.74, 6) is -0.273. The number of hydrogen-bond donors (Lipinski definition) is 1. The van der Waals surface area contributed by atoms with E-state index < -0.39 is 5.60 Å². The van der Waals surface area contributed by atoms with Crippen molar-refractivity contribution < 1.29 is 9.90 Å². The summed E-state index contributed by atoms with van der Waals surface area (Å²) in [6.07, 6.45) is 0. The van der Waals surface area contributed by atoms with Crippen molar-refractivity contribution in [2.45, 2.75) is 19.4 Å². The number of likely N-dealkylation sites (N-methyl/N-ethyl adjacent to an activating group) is 1. The average Bonchev–Trinajstić information content (AvgIpc) is 3.23. The highest BCUT2D eigenvalue weighted by atomic mass is 79.9. The van der Waals surface area contributed by atoms with Gasteiger partial charge in [-0.15, -0.1) is 11.3 Å². The summed E-state index contributed by atoms with van der Waals surface area (Å²) in [5.41, 5.74) is 0.405. The van der Waals surface area contributed by atoms with Gasteiger partial charge in [0.25, 0.3) is 5.91 Å². The summed E-state index contributed by atoms with van der Waals surface area (Å²) in [6.45, 7) is 7.42. The zero-order valence-corrected chi connectivity index (χ0v) is 18.4. The first-order chi connectivity index (χ1) is 13.5. The number of halogens is 1. The largest absolute Gasteiger partial charge is 0.372 e. The predicted octanol–water partition coefficient (Wildman–Crippen LogP) is 4.59. The Balaban J connectivity index is 1.84. The number of aliphatic hydroxyl groups is 1. The lowest BCUT2D eigenvalue weighted by molar-refractivity contribution is -0.132. The summed E-state index contributed by atoms with van der Waals surface area (Å²) < 4.78 is 1.82. The Hall–Kier alpha value is -1.73. The molecule has 1 aliphatic rings. The molecule has 1 amide bonds. The van der Waals surface area contributed by atoms with Crippen LogP contribution in [-0.2, 0) is 10.4 Å². The minimum Gasteiger partial charge on any atom is -0.372 e. The number of amides is 1. The van der Waals surface area contributed by atoms with Gasteiger partial charge in [0, 0.05) is 33.4 Å². The third-order valence-electron chi connectivity index (χ3n) is 5.60. The van der Waals surface area contributed by atoms with E-state index in [1.54, 1.807) is 16.2 Å². The number of benzene rings is 2. The Labute approximate surface area is 177 Å². The van der Waals surface area contributed by atoms with E-state index in [1.165, 1.54) is 0 Å². The summed E-state index contributed by atoms with van der Waals surface area (Å²) in [7, 11) is 0. The van der Waals surface area contributed by atoms with Crippen LogP contribution in [0.15, 0.2) is 52.3 Å². The second-order valence-electron chi connectivity index (χ2n) is 6.97. The van der Waals surface area contributed by atoms with Crippen LogP contribution in [0, 0.1) is 0 Å². The minimum absolute atomic E-state index is 0.273. The lowest BCUT2D eigenvalue weighted by atomic mass is 9.87. The van der Waals surface area contributed by atoms with Crippen molar-refractivity contribution in [1.82, 2.24) is 4.90 Å². The highest BCUT2D eigenvalue weighted by Gasteiger charge is 2.53. The Morgan fingerprint density at radius 2 is 1.89 bits per heavy atom. The van der Waals surface area contributed by atoms with E-state index in [4.69, 9.17) is 0 Å². The van der Waals surface area contributed by atoms with Crippen molar-refractivity contribution in [2.24, 2.45) is 0 Å². The van der Waals surface area contributed by atoms with Gasteiger partial charge in [-0.25, -0.2) is 0 Å². The molecule has 0 fully saturated rings. The SMILES string of the molecule is CCN(CC)CCN1C(=O)C(O)(c2csc3ccccc23)c2c(Br)cccc21. The summed E-state index contributed by atoms with van der Waals surface area (Å²) in [6, 6.07) is 13.6. The fourth-order valence-electron chi connectivity index (χ4n) is 4.02. The van der Waals surface area contributed by atoms with Gasteiger partial charge in [-0.2, -0.15) is 0 Å². The molecule has 4 rings (SSSR count). The molecule has 1 N–H and O–H groups in total. The molecule has 1 unspecified atom stereocenters. The molecule has 2 aromatic carbocycles. The lowest BCUT2D eigenvalue weighted by Gasteiger charge is -2.25. The van der Waals surface area contributed by atoms with Gasteiger partial charge in [-0.1, -0.05) is 54.0 Å². The maximum absolute atomic E-state index is 13.6. The number of carbonyl (C=O) groups excluding carboxylic acids is 1. The van der Waals surface area contributed by atoms with Gasteiger partial charge in [0.1, 0.15) is 0 Å². The van der Waals surface area contributed by atoms with E-state index >= 15 is 0 Å². The number of hydrogen-bond acceptors (Lipinski definition) is 4. The average molecular weight is 459 g/mol. The van der Waals surface area contributed by atoms with Gasteiger partial charge >= 0.3 is 0 Å². The molecule has 28 heavy (non-hydrogen) atoms. The molecule has 0 aliphatic carbocycles. The molecule has 0 spiro atoms. The van der Waals surface area contributed by atoms with Crippen LogP contribution < -0.4 is 4.90 Å². The third-order valence-corrected chi connectivity index (χ3v) is 7.23. The first-order valence-electron chi connectivity index (χ1n) is 9.54. The summed E-state index contributed by atoms with van der Waals surface area (Å²) >= 11 is 5.14. The molecule has 2 heterocycles. The van der Waals surface area contributed by atoms with Gasteiger partial charge in [0.05, 0.1) is 5.69 Å². The van der Waals surface area contributed by atoms with Crippen LogP contribution in [0.3, 0.4) is 0 Å². The van der Waals surface area contributed by atoms with Gasteiger partial charge in [-0.3, -0.25) is 4.79 Å².